The predicted octanol–water partition coefficient (Wildman–Crippen LogP) is 2.81. The number of pyridine rings is 1. The number of anilines is 1. The van der Waals surface area contributed by atoms with E-state index in [1.165, 1.54) is 25.2 Å². The Morgan fingerprint density at radius 1 is 1.14 bits per heavy atom. The first-order valence-electron chi connectivity index (χ1n) is 6.93. The molecule has 5 nitrogen and oxygen atoms in total. The van der Waals surface area contributed by atoms with Crippen LogP contribution in [0.25, 0.3) is 10.8 Å². The summed E-state index contributed by atoms with van der Waals surface area (Å²) in [7, 11) is 1.42. The van der Waals surface area contributed by atoms with Crippen LogP contribution in [0.1, 0.15) is 41.6 Å². The van der Waals surface area contributed by atoms with Crippen LogP contribution < -0.4 is 5.32 Å². The zero-order valence-electron chi connectivity index (χ0n) is 12.8. The second kappa shape index (κ2) is 4.50. The highest BCUT2D eigenvalue weighted by Gasteiger charge is 2.37. The molecule has 6 heteroatoms. The third-order valence-corrected chi connectivity index (χ3v) is 3.49. The Bertz CT molecular complexity index is 824. The van der Waals surface area contributed by atoms with E-state index >= 15 is 0 Å². The SMILES string of the molecule is CN1C(=O)c2nc(NC(C)(C)C)c3cc(F)ccc3c2C1=O. The molecular formula is C16H16FN3O2. The quantitative estimate of drug-likeness (QED) is 0.823. The van der Waals surface area contributed by atoms with Crippen molar-refractivity contribution in [2.45, 2.75) is 26.3 Å². The lowest BCUT2D eigenvalue weighted by atomic mass is 10.0. The number of fused-ring (bicyclic) bond motifs is 3. The van der Waals surface area contributed by atoms with Crippen LogP contribution in [0, 0.1) is 5.82 Å². The fraction of sp³-hybridized carbons (Fsp3) is 0.312. The van der Waals surface area contributed by atoms with Crippen molar-refractivity contribution in [2.24, 2.45) is 0 Å². The van der Waals surface area contributed by atoms with Gasteiger partial charge >= 0.3 is 0 Å². The number of benzene rings is 1. The van der Waals surface area contributed by atoms with E-state index in [1.807, 2.05) is 20.8 Å². The lowest BCUT2D eigenvalue weighted by Gasteiger charge is -2.23. The van der Waals surface area contributed by atoms with Crippen LogP contribution >= 0.6 is 0 Å². The van der Waals surface area contributed by atoms with Crippen molar-refractivity contribution in [3.05, 3.63) is 35.3 Å². The molecule has 114 valence electrons. The maximum Gasteiger partial charge on any atom is 0.280 e. The van der Waals surface area contributed by atoms with Crippen LogP contribution in [0.4, 0.5) is 10.2 Å². The summed E-state index contributed by atoms with van der Waals surface area (Å²) in [5, 5.41) is 4.19. The van der Waals surface area contributed by atoms with E-state index in [-0.39, 0.29) is 16.8 Å². The number of hydrogen-bond acceptors (Lipinski definition) is 4. The third kappa shape index (κ3) is 2.11. The minimum Gasteiger partial charge on any atom is -0.365 e. The summed E-state index contributed by atoms with van der Waals surface area (Å²) in [6.07, 6.45) is 0. The van der Waals surface area contributed by atoms with E-state index in [1.54, 1.807) is 0 Å². The van der Waals surface area contributed by atoms with Crippen LogP contribution in [0.3, 0.4) is 0 Å². The van der Waals surface area contributed by atoms with E-state index in [2.05, 4.69) is 10.3 Å². The van der Waals surface area contributed by atoms with Gasteiger partial charge in [-0.25, -0.2) is 9.37 Å². The summed E-state index contributed by atoms with van der Waals surface area (Å²) in [5.74, 6) is -0.872. The third-order valence-electron chi connectivity index (χ3n) is 3.49. The minimum absolute atomic E-state index is 0.110. The molecule has 2 heterocycles. The molecule has 1 N–H and O–H groups in total. The lowest BCUT2D eigenvalue weighted by Crippen LogP contribution is -2.27. The van der Waals surface area contributed by atoms with Crippen LogP contribution in [0.5, 0.6) is 0 Å². The number of carbonyl (C=O) groups is 2. The highest BCUT2D eigenvalue weighted by atomic mass is 19.1. The average Bonchev–Trinajstić information content (AvgIpc) is 2.62. The summed E-state index contributed by atoms with van der Waals surface area (Å²) in [6, 6.07) is 4.12. The predicted molar refractivity (Wildman–Crippen MR) is 81.5 cm³/mol. The Balaban J connectivity index is 2.37. The fourth-order valence-corrected chi connectivity index (χ4v) is 2.53. The minimum atomic E-state index is -0.441. The maximum atomic E-state index is 13.6. The summed E-state index contributed by atoms with van der Waals surface area (Å²) in [6.45, 7) is 5.81. The topological polar surface area (TPSA) is 62.3 Å². The molecule has 1 aliphatic heterocycles. The van der Waals surface area contributed by atoms with Crippen molar-refractivity contribution in [3.63, 3.8) is 0 Å². The van der Waals surface area contributed by atoms with Gasteiger partial charge < -0.3 is 5.32 Å². The molecule has 3 rings (SSSR count). The molecule has 0 saturated carbocycles. The van der Waals surface area contributed by atoms with Crippen molar-refractivity contribution in [2.75, 3.05) is 12.4 Å². The van der Waals surface area contributed by atoms with Gasteiger partial charge in [-0.2, -0.15) is 0 Å². The second-order valence-corrected chi connectivity index (χ2v) is 6.42. The van der Waals surface area contributed by atoms with Crippen LogP contribution in [-0.2, 0) is 0 Å². The van der Waals surface area contributed by atoms with Gasteiger partial charge in [0.2, 0.25) is 0 Å². The van der Waals surface area contributed by atoms with E-state index in [9.17, 15) is 14.0 Å². The molecular weight excluding hydrogens is 285 g/mol. The van der Waals surface area contributed by atoms with E-state index in [0.717, 1.165) is 4.90 Å². The molecule has 22 heavy (non-hydrogen) atoms. The Morgan fingerprint density at radius 2 is 1.82 bits per heavy atom. The monoisotopic (exact) mass is 301 g/mol. The second-order valence-electron chi connectivity index (χ2n) is 6.42. The molecule has 1 aromatic heterocycles. The van der Waals surface area contributed by atoms with E-state index in [4.69, 9.17) is 0 Å². The largest absolute Gasteiger partial charge is 0.365 e. The summed E-state index contributed by atoms with van der Waals surface area (Å²) < 4.78 is 13.6. The molecule has 0 fully saturated rings. The maximum absolute atomic E-state index is 13.6. The molecule has 0 unspecified atom stereocenters. The Morgan fingerprint density at radius 3 is 2.45 bits per heavy atom. The number of halogens is 1. The highest BCUT2D eigenvalue weighted by molar-refractivity contribution is 6.26. The Kier molecular flexibility index (Phi) is 2.95. The molecule has 2 aromatic rings. The first-order chi connectivity index (χ1) is 10.2. The van der Waals surface area contributed by atoms with E-state index in [0.29, 0.717) is 16.6 Å². The number of amides is 2. The molecule has 0 saturated heterocycles. The summed E-state index contributed by atoms with van der Waals surface area (Å²) in [4.78, 5) is 29.8. The Labute approximate surface area is 127 Å². The summed E-state index contributed by atoms with van der Waals surface area (Å²) in [5.41, 5.74) is 0.0261. The van der Waals surface area contributed by atoms with Gasteiger partial charge in [-0.05, 0) is 32.9 Å². The molecule has 2 amide bonds. The molecule has 0 atom stereocenters. The van der Waals surface area contributed by atoms with Crippen LogP contribution in [-0.4, -0.2) is 34.3 Å². The van der Waals surface area contributed by atoms with E-state index < -0.39 is 17.6 Å². The van der Waals surface area contributed by atoms with Gasteiger partial charge in [0.05, 0.1) is 5.56 Å². The van der Waals surface area contributed by atoms with Crippen molar-refractivity contribution in [1.29, 1.82) is 0 Å². The molecule has 1 aliphatic rings. The molecule has 1 aromatic carbocycles. The standard InChI is InChI=1S/C16H16FN3O2/c1-16(2,3)19-13-10-7-8(17)5-6-9(10)11-12(18-13)15(22)20(4)14(11)21/h5-7H,1-4H3,(H,18,19). The van der Waals surface area contributed by atoms with Gasteiger partial charge in [0.15, 0.2) is 0 Å². The zero-order chi connectivity index (χ0) is 16.2. The number of carbonyl (C=O) groups excluding carboxylic acids is 2. The molecule has 0 spiro atoms. The first-order valence-corrected chi connectivity index (χ1v) is 6.93. The molecule has 0 aliphatic carbocycles. The van der Waals surface area contributed by atoms with Crippen molar-refractivity contribution >= 4 is 28.4 Å². The normalized spacial score (nSPS) is 14.7. The Hall–Kier alpha value is -2.50. The lowest BCUT2D eigenvalue weighted by molar-refractivity contribution is 0.0692. The number of rotatable bonds is 1. The van der Waals surface area contributed by atoms with Gasteiger partial charge in [0.25, 0.3) is 11.8 Å². The van der Waals surface area contributed by atoms with Gasteiger partial charge in [0.1, 0.15) is 17.3 Å². The van der Waals surface area contributed by atoms with Gasteiger partial charge in [-0.3, -0.25) is 14.5 Å². The number of hydrogen-bond donors (Lipinski definition) is 1. The fourth-order valence-electron chi connectivity index (χ4n) is 2.53. The zero-order valence-corrected chi connectivity index (χ0v) is 12.8. The van der Waals surface area contributed by atoms with Crippen LogP contribution in [0.2, 0.25) is 0 Å². The number of nitrogens with one attached hydrogen (secondary N) is 1. The smallest absolute Gasteiger partial charge is 0.280 e. The van der Waals surface area contributed by atoms with Crippen molar-refractivity contribution in [3.8, 4) is 0 Å². The first kappa shape index (κ1) is 14.4. The van der Waals surface area contributed by atoms with Gasteiger partial charge in [0, 0.05) is 23.4 Å². The van der Waals surface area contributed by atoms with Gasteiger partial charge in [-0.15, -0.1) is 0 Å². The molecule has 0 bridgehead atoms. The van der Waals surface area contributed by atoms with Gasteiger partial charge in [-0.1, -0.05) is 6.07 Å². The van der Waals surface area contributed by atoms with Crippen molar-refractivity contribution in [1.82, 2.24) is 9.88 Å². The molecule has 0 radical (unpaired) electrons. The van der Waals surface area contributed by atoms with Crippen LogP contribution in [0.15, 0.2) is 18.2 Å². The number of imide groups is 1. The number of aromatic nitrogens is 1. The van der Waals surface area contributed by atoms with Crippen molar-refractivity contribution < 1.29 is 14.0 Å². The summed E-state index contributed by atoms with van der Waals surface area (Å²) >= 11 is 0. The average molecular weight is 301 g/mol. The highest BCUT2D eigenvalue weighted by Crippen LogP contribution is 2.33. The number of nitrogens with zero attached hydrogens (tertiary/aromatic N) is 2.